The Bertz CT molecular complexity index is 277. The maximum atomic E-state index is 6.10. The van der Waals surface area contributed by atoms with Gasteiger partial charge in [-0.3, -0.25) is 4.90 Å². The second-order valence-corrected chi connectivity index (χ2v) is 7.77. The maximum absolute atomic E-state index is 6.10. The summed E-state index contributed by atoms with van der Waals surface area (Å²) in [6.07, 6.45) is 6.94. The summed E-state index contributed by atoms with van der Waals surface area (Å²) in [6, 6.07) is 0. The van der Waals surface area contributed by atoms with E-state index in [0.29, 0.717) is 5.54 Å². The van der Waals surface area contributed by atoms with E-state index in [4.69, 9.17) is 5.73 Å². The molecule has 0 saturated carbocycles. The Morgan fingerprint density at radius 3 is 2.42 bits per heavy atom. The van der Waals surface area contributed by atoms with Gasteiger partial charge in [0.1, 0.15) is 0 Å². The molecule has 3 aliphatic rings. The predicted octanol–water partition coefficient (Wildman–Crippen LogP) is 1.63. The Hall–Kier alpha value is 0.230. The van der Waals surface area contributed by atoms with Gasteiger partial charge in [0.05, 0.1) is 0 Å². The topological polar surface area (TPSA) is 32.5 Å². The molecule has 4 heteroatoms. The molecule has 3 saturated heterocycles. The fourth-order valence-corrected chi connectivity index (χ4v) is 5.55. The van der Waals surface area contributed by atoms with E-state index < -0.39 is 0 Å². The van der Waals surface area contributed by atoms with Crippen LogP contribution in [0.5, 0.6) is 0 Å². The van der Waals surface area contributed by atoms with Crippen molar-refractivity contribution in [2.75, 3.05) is 50.8 Å². The minimum Gasteiger partial charge on any atom is -0.329 e. The number of rotatable bonds is 4. The fourth-order valence-electron chi connectivity index (χ4n) is 4.06. The van der Waals surface area contributed by atoms with Gasteiger partial charge < -0.3 is 10.6 Å². The maximum Gasteiger partial charge on any atom is 0.0429 e. The molecule has 19 heavy (non-hydrogen) atoms. The van der Waals surface area contributed by atoms with Crippen LogP contribution in [0, 0.1) is 5.92 Å². The molecule has 0 radical (unpaired) electrons. The van der Waals surface area contributed by atoms with Crippen LogP contribution < -0.4 is 5.73 Å². The molecule has 0 aromatic rings. The van der Waals surface area contributed by atoms with Crippen LogP contribution in [0.15, 0.2) is 0 Å². The van der Waals surface area contributed by atoms with Gasteiger partial charge in [0.15, 0.2) is 0 Å². The van der Waals surface area contributed by atoms with Crippen LogP contribution in [0.25, 0.3) is 0 Å². The fraction of sp³-hybridized carbons (Fsp3) is 1.00. The SMILES string of the molecule is NCC1(N2CCC(CN3CCCC3)CC2)CCSC1. The van der Waals surface area contributed by atoms with Crippen LogP contribution in [-0.4, -0.2) is 66.1 Å². The number of likely N-dealkylation sites (tertiary alicyclic amines) is 2. The van der Waals surface area contributed by atoms with Crippen molar-refractivity contribution < 1.29 is 0 Å². The molecule has 0 amide bonds. The quantitative estimate of drug-likeness (QED) is 0.850. The summed E-state index contributed by atoms with van der Waals surface area (Å²) in [4.78, 5) is 5.41. The zero-order valence-corrected chi connectivity index (χ0v) is 13.0. The predicted molar refractivity (Wildman–Crippen MR) is 83.7 cm³/mol. The Labute approximate surface area is 122 Å². The summed E-state index contributed by atoms with van der Waals surface area (Å²) in [5.41, 5.74) is 6.45. The van der Waals surface area contributed by atoms with Crippen molar-refractivity contribution in [3.05, 3.63) is 0 Å². The minimum atomic E-state index is 0.350. The Balaban J connectivity index is 1.48. The standard InChI is InChI=1S/C15H29N3S/c16-12-15(5-10-19-13-15)18-8-3-14(4-9-18)11-17-6-1-2-7-17/h14H,1-13,16H2. The Morgan fingerprint density at radius 2 is 1.84 bits per heavy atom. The lowest BCUT2D eigenvalue weighted by Gasteiger charge is -2.44. The molecule has 3 fully saturated rings. The smallest absolute Gasteiger partial charge is 0.0429 e. The largest absolute Gasteiger partial charge is 0.329 e. The molecule has 3 aliphatic heterocycles. The van der Waals surface area contributed by atoms with E-state index in [1.54, 1.807) is 0 Å². The molecule has 0 aromatic carbocycles. The van der Waals surface area contributed by atoms with Crippen molar-refractivity contribution in [2.24, 2.45) is 11.7 Å². The van der Waals surface area contributed by atoms with Gasteiger partial charge >= 0.3 is 0 Å². The Kier molecular flexibility index (Phi) is 4.73. The number of nitrogens with two attached hydrogens (primary N) is 1. The molecule has 1 unspecified atom stereocenters. The van der Waals surface area contributed by atoms with Gasteiger partial charge in [-0.1, -0.05) is 0 Å². The highest BCUT2D eigenvalue weighted by molar-refractivity contribution is 7.99. The highest BCUT2D eigenvalue weighted by atomic mass is 32.2. The molecule has 0 bridgehead atoms. The second-order valence-electron chi connectivity index (χ2n) is 6.67. The molecule has 3 rings (SSSR count). The summed E-state index contributed by atoms with van der Waals surface area (Å²) in [6.45, 7) is 7.49. The average Bonchev–Trinajstić information content (AvgIpc) is 3.11. The van der Waals surface area contributed by atoms with E-state index in [2.05, 4.69) is 21.6 Å². The van der Waals surface area contributed by atoms with Crippen molar-refractivity contribution >= 4 is 11.8 Å². The first-order valence-electron chi connectivity index (χ1n) is 8.08. The van der Waals surface area contributed by atoms with Gasteiger partial charge in [-0.15, -0.1) is 0 Å². The lowest BCUT2D eigenvalue weighted by Crippen LogP contribution is -2.57. The highest BCUT2D eigenvalue weighted by Gasteiger charge is 2.40. The summed E-state index contributed by atoms with van der Waals surface area (Å²) >= 11 is 2.10. The van der Waals surface area contributed by atoms with Crippen LogP contribution in [-0.2, 0) is 0 Å². The van der Waals surface area contributed by atoms with Gasteiger partial charge in [-0.2, -0.15) is 11.8 Å². The molecule has 0 spiro atoms. The van der Waals surface area contributed by atoms with Crippen LogP contribution in [0.1, 0.15) is 32.1 Å². The van der Waals surface area contributed by atoms with Gasteiger partial charge in [0, 0.05) is 24.4 Å². The van der Waals surface area contributed by atoms with E-state index >= 15 is 0 Å². The summed E-state index contributed by atoms with van der Waals surface area (Å²) in [5.74, 6) is 3.52. The number of nitrogens with zero attached hydrogens (tertiary/aromatic N) is 2. The van der Waals surface area contributed by atoms with E-state index in [1.165, 1.54) is 76.3 Å². The highest BCUT2D eigenvalue weighted by Crippen LogP contribution is 2.35. The normalized spacial score (nSPS) is 35.2. The third-order valence-electron chi connectivity index (χ3n) is 5.46. The summed E-state index contributed by atoms with van der Waals surface area (Å²) < 4.78 is 0. The zero-order chi connectivity index (χ0) is 13.1. The monoisotopic (exact) mass is 283 g/mol. The summed E-state index contributed by atoms with van der Waals surface area (Å²) in [5, 5.41) is 0. The molecule has 3 nitrogen and oxygen atoms in total. The molecular weight excluding hydrogens is 254 g/mol. The van der Waals surface area contributed by atoms with Crippen molar-refractivity contribution in [3.8, 4) is 0 Å². The summed E-state index contributed by atoms with van der Waals surface area (Å²) in [7, 11) is 0. The van der Waals surface area contributed by atoms with Crippen LogP contribution >= 0.6 is 11.8 Å². The van der Waals surface area contributed by atoms with Crippen molar-refractivity contribution in [2.45, 2.75) is 37.6 Å². The van der Waals surface area contributed by atoms with Crippen LogP contribution in [0.2, 0.25) is 0 Å². The lowest BCUT2D eigenvalue weighted by molar-refractivity contribution is 0.0643. The zero-order valence-electron chi connectivity index (χ0n) is 12.1. The molecule has 3 heterocycles. The van der Waals surface area contributed by atoms with Crippen molar-refractivity contribution in [1.82, 2.24) is 9.80 Å². The number of thioether (sulfide) groups is 1. The van der Waals surface area contributed by atoms with Gasteiger partial charge in [0.25, 0.3) is 0 Å². The molecular formula is C15H29N3S. The number of hydrogen-bond donors (Lipinski definition) is 1. The first-order chi connectivity index (χ1) is 9.32. The van der Waals surface area contributed by atoms with Crippen LogP contribution in [0.4, 0.5) is 0 Å². The van der Waals surface area contributed by atoms with Crippen molar-refractivity contribution in [3.63, 3.8) is 0 Å². The first kappa shape index (κ1) is 14.2. The first-order valence-corrected chi connectivity index (χ1v) is 9.23. The second kappa shape index (κ2) is 6.33. The minimum absolute atomic E-state index is 0.350. The molecule has 0 aromatic heterocycles. The van der Waals surface area contributed by atoms with Gasteiger partial charge in [-0.05, 0) is 70.0 Å². The third kappa shape index (κ3) is 3.12. The number of hydrogen-bond acceptors (Lipinski definition) is 4. The molecule has 1 atom stereocenters. The number of piperidine rings is 1. The molecule has 2 N–H and O–H groups in total. The van der Waals surface area contributed by atoms with E-state index in [9.17, 15) is 0 Å². The van der Waals surface area contributed by atoms with E-state index in [0.717, 1.165) is 12.5 Å². The molecule has 0 aliphatic carbocycles. The third-order valence-corrected chi connectivity index (χ3v) is 6.70. The van der Waals surface area contributed by atoms with Crippen LogP contribution in [0.3, 0.4) is 0 Å². The van der Waals surface area contributed by atoms with E-state index in [1.807, 2.05) is 0 Å². The Morgan fingerprint density at radius 1 is 1.11 bits per heavy atom. The van der Waals surface area contributed by atoms with Crippen molar-refractivity contribution in [1.29, 1.82) is 0 Å². The van der Waals surface area contributed by atoms with E-state index in [-0.39, 0.29) is 0 Å². The van der Waals surface area contributed by atoms with Gasteiger partial charge in [0.2, 0.25) is 0 Å². The average molecular weight is 283 g/mol. The lowest BCUT2D eigenvalue weighted by atomic mass is 9.89. The van der Waals surface area contributed by atoms with Gasteiger partial charge in [-0.25, -0.2) is 0 Å². The molecule has 110 valence electrons.